The highest BCUT2D eigenvalue weighted by molar-refractivity contribution is 6.28. The number of hydrogen-bond acceptors (Lipinski definition) is 3. The molecule has 0 aliphatic rings. The van der Waals surface area contributed by atoms with Crippen LogP contribution in [0.3, 0.4) is 0 Å². The lowest BCUT2D eigenvalue weighted by atomic mass is 10.3. The minimum atomic E-state index is -1.09. The normalized spacial score (nSPS) is 11.9. The summed E-state index contributed by atoms with van der Waals surface area (Å²) in [5.74, 6) is -0.0291. The lowest BCUT2D eigenvalue weighted by Gasteiger charge is -2.10. The molecule has 0 spiro atoms. The molecule has 1 unspecified atom stereocenters. The highest BCUT2D eigenvalue weighted by Crippen LogP contribution is 2.13. The molecule has 1 atom stereocenters. The minimum Gasteiger partial charge on any atom is -0.463 e. The van der Waals surface area contributed by atoms with E-state index in [-0.39, 0.29) is 0 Å². The first-order chi connectivity index (χ1) is 6.74. The number of rotatable bonds is 4. The Morgan fingerprint density at radius 3 is 2.64 bits per heavy atom. The van der Waals surface area contributed by atoms with Crippen molar-refractivity contribution in [2.45, 2.75) is 12.5 Å². The highest BCUT2D eigenvalue weighted by Gasteiger charge is 2.17. The molecule has 1 aromatic rings. The number of hydrogen-bond donors (Lipinski definition) is 0. The molecule has 1 rings (SSSR count). The maximum atomic E-state index is 11.1. The second-order valence-corrected chi connectivity index (χ2v) is 2.90. The van der Waals surface area contributed by atoms with E-state index in [1.807, 2.05) is 6.07 Å². The van der Waals surface area contributed by atoms with E-state index in [1.54, 1.807) is 31.2 Å². The molecule has 0 fully saturated rings. The van der Waals surface area contributed by atoms with Gasteiger partial charge in [0.05, 0.1) is 6.61 Å². The number of alkyl halides is 1. The molecule has 0 aromatic heterocycles. The monoisotopic (exact) mass is 214 g/mol. The van der Waals surface area contributed by atoms with Gasteiger partial charge in [0.25, 0.3) is 5.56 Å². The van der Waals surface area contributed by atoms with Crippen LogP contribution in [0, 0.1) is 0 Å². The van der Waals surface area contributed by atoms with Crippen molar-refractivity contribution in [2.75, 3.05) is 6.61 Å². The van der Waals surface area contributed by atoms with E-state index < -0.39 is 11.5 Å². The summed E-state index contributed by atoms with van der Waals surface area (Å²) in [6.07, 6.45) is 0. The van der Waals surface area contributed by atoms with Crippen LogP contribution in [0.5, 0.6) is 5.75 Å². The van der Waals surface area contributed by atoms with Gasteiger partial charge in [-0.15, -0.1) is 0 Å². The Labute approximate surface area is 87.6 Å². The third-order valence-corrected chi connectivity index (χ3v) is 1.72. The molecular formula is C10H11ClO3. The zero-order valence-corrected chi connectivity index (χ0v) is 8.53. The fourth-order valence-electron chi connectivity index (χ4n) is 0.874. The molecule has 0 saturated carbocycles. The van der Waals surface area contributed by atoms with Crippen LogP contribution in [0.15, 0.2) is 30.3 Å². The van der Waals surface area contributed by atoms with Gasteiger partial charge in [-0.25, -0.2) is 4.79 Å². The molecule has 1 aromatic carbocycles. The lowest BCUT2D eigenvalue weighted by molar-refractivity contribution is -0.147. The quantitative estimate of drug-likeness (QED) is 0.569. The van der Waals surface area contributed by atoms with Crippen molar-refractivity contribution in [3.63, 3.8) is 0 Å². The van der Waals surface area contributed by atoms with Gasteiger partial charge in [0.2, 0.25) is 0 Å². The summed E-state index contributed by atoms with van der Waals surface area (Å²) in [5, 5.41) is 0. The maximum Gasteiger partial charge on any atom is 0.363 e. The molecule has 0 saturated heterocycles. The molecule has 0 heterocycles. The molecule has 0 aliphatic heterocycles. The Morgan fingerprint density at radius 1 is 1.43 bits per heavy atom. The van der Waals surface area contributed by atoms with E-state index in [4.69, 9.17) is 16.3 Å². The van der Waals surface area contributed by atoms with Gasteiger partial charge in [-0.1, -0.05) is 29.8 Å². The molecule has 0 radical (unpaired) electrons. The SMILES string of the molecule is CCOC(=O)C(Cl)Oc1ccccc1. The topological polar surface area (TPSA) is 35.5 Å². The Morgan fingerprint density at radius 2 is 2.07 bits per heavy atom. The molecule has 4 heteroatoms. The number of benzene rings is 1. The predicted molar refractivity (Wildman–Crippen MR) is 53.3 cm³/mol. The number of carbonyl (C=O) groups excluding carboxylic acids is 1. The summed E-state index contributed by atoms with van der Waals surface area (Å²) in [4.78, 5) is 11.1. The van der Waals surface area contributed by atoms with Gasteiger partial charge < -0.3 is 9.47 Å². The van der Waals surface area contributed by atoms with Gasteiger partial charge in [0.15, 0.2) is 0 Å². The Bertz CT molecular complexity index is 287. The average molecular weight is 215 g/mol. The van der Waals surface area contributed by atoms with E-state index >= 15 is 0 Å². The van der Waals surface area contributed by atoms with E-state index in [1.165, 1.54) is 0 Å². The Hall–Kier alpha value is -1.22. The second kappa shape index (κ2) is 5.50. The number of halogens is 1. The van der Waals surface area contributed by atoms with Crippen molar-refractivity contribution >= 4 is 17.6 Å². The lowest BCUT2D eigenvalue weighted by Crippen LogP contribution is -2.23. The first-order valence-electron chi connectivity index (χ1n) is 4.26. The van der Waals surface area contributed by atoms with E-state index in [0.717, 1.165) is 0 Å². The van der Waals surface area contributed by atoms with Crippen molar-refractivity contribution in [3.8, 4) is 5.75 Å². The molecule has 76 valence electrons. The van der Waals surface area contributed by atoms with Crippen molar-refractivity contribution in [1.82, 2.24) is 0 Å². The van der Waals surface area contributed by atoms with Crippen LogP contribution in [-0.2, 0) is 9.53 Å². The standard InChI is InChI=1S/C10H11ClO3/c1-2-13-10(12)9(11)14-8-6-4-3-5-7-8/h3-7,9H,2H2,1H3. The number of carbonyl (C=O) groups is 1. The molecule has 0 bridgehead atoms. The number of para-hydroxylation sites is 1. The van der Waals surface area contributed by atoms with E-state index in [2.05, 4.69) is 4.74 Å². The Kier molecular flexibility index (Phi) is 4.26. The number of esters is 1. The van der Waals surface area contributed by atoms with Gasteiger partial charge in [0.1, 0.15) is 5.75 Å². The highest BCUT2D eigenvalue weighted by atomic mass is 35.5. The molecule has 0 amide bonds. The summed E-state index contributed by atoms with van der Waals surface area (Å²) >= 11 is 5.65. The van der Waals surface area contributed by atoms with Crippen LogP contribution >= 0.6 is 11.6 Å². The molecule has 0 aliphatic carbocycles. The predicted octanol–water partition coefficient (Wildman–Crippen LogP) is 2.19. The van der Waals surface area contributed by atoms with Crippen molar-refractivity contribution < 1.29 is 14.3 Å². The third-order valence-electron chi connectivity index (χ3n) is 1.45. The fourth-order valence-corrected chi connectivity index (χ4v) is 1.04. The van der Waals surface area contributed by atoms with Crippen LogP contribution in [0.25, 0.3) is 0 Å². The van der Waals surface area contributed by atoms with Crippen molar-refractivity contribution in [3.05, 3.63) is 30.3 Å². The van der Waals surface area contributed by atoms with Gasteiger partial charge in [-0.2, -0.15) is 0 Å². The van der Waals surface area contributed by atoms with Gasteiger partial charge >= 0.3 is 5.97 Å². The first-order valence-corrected chi connectivity index (χ1v) is 4.70. The summed E-state index contributed by atoms with van der Waals surface area (Å²) in [5.41, 5.74) is -1.09. The van der Waals surface area contributed by atoms with Crippen molar-refractivity contribution in [1.29, 1.82) is 0 Å². The minimum absolute atomic E-state index is 0.292. The average Bonchev–Trinajstić information content (AvgIpc) is 2.19. The largest absolute Gasteiger partial charge is 0.463 e. The summed E-state index contributed by atoms with van der Waals surface area (Å²) in [6.45, 7) is 2.00. The fraction of sp³-hybridized carbons (Fsp3) is 0.300. The second-order valence-electron chi connectivity index (χ2n) is 2.50. The zero-order valence-electron chi connectivity index (χ0n) is 7.77. The van der Waals surface area contributed by atoms with E-state index in [0.29, 0.717) is 12.4 Å². The summed E-state index contributed by atoms with van der Waals surface area (Å²) < 4.78 is 9.80. The molecule has 3 nitrogen and oxygen atoms in total. The first kappa shape index (κ1) is 10.9. The molecule has 0 N–H and O–H groups in total. The van der Waals surface area contributed by atoms with Gasteiger partial charge in [-0.3, -0.25) is 0 Å². The maximum absolute atomic E-state index is 11.1. The number of ether oxygens (including phenoxy) is 2. The molecule has 14 heavy (non-hydrogen) atoms. The summed E-state index contributed by atoms with van der Waals surface area (Å²) in [6, 6.07) is 8.87. The zero-order chi connectivity index (χ0) is 10.4. The summed E-state index contributed by atoms with van der Waals surface area (Å²) in [7, 11) is 0. The van der Waals surface area contributed by atoms with Crippen LogP contribution in [0.4, 0.5) is 0 Å². The van der Waals surface area contributed by atoms with Gasteiger partial charge in [0, 0.05) is 0 Å². The third kappa shape index (κ3) is 3.26. The Balaban J connectivity index is 2.49. The van der Waals surface area contributed by atoms with Gasteiger partial charge in [-0.05, 0) is 19.1 Å². The van der Waals surface area contributed by atoms with Crippen molar-refractivity contribution in [2.24, 2.45) is 0 Å². The van der Waals surface area contributed by atoms with Crippen LogP contribution in [-0.4, -0.2) is 18.1 Å². The van der Waals surface area contributed by atoms with E-state index in [9.17, 15) is 4.79 Å². The smallest absolute Gasteiger partial charge is 0.363 e. The molecular weight excluding hydrogens is 204 g/mol. The van der Waals surface area contributed by atoms with Crippen LogP contribution < -0.4 is 4.74 Å². The van der Waals surface area contributed by atoms with Crippen LogP contribution in [0.2, 0.25) is 0 Å². The van der Waals surface area contributed by atoms with Crippen LogP contribution in [0.1, 0.15) is 6.92 Å².